The molecule has 0 N–H and O–H groups in total. The Bertz CT molecular complexity index is 148. The van der Waals surface area contributed by atoms with E-state index in [0.717, 1.165) is 23.7 Å². The summed E-state index contributed by atoms with van der Waals surface area (Å²) < 4.78 is 0. The highest BCUT2D eigenvalue weighted by molar-refractivity contribution is 4.85. The molecule has 0 nitrogen and oxygen atoms in total. The van der Waals surface area contributed by atoms with E-state index in [9.17, 15) is 0 Å². The fourth-order valence-corrected chi connectivity index (χ4v) is 2.89. The quantitative estimate of drug-likeness (QED) is 0.531. The molecule has 1 fully saturated rings. The molecule has 0 bridgehead atoms. The van der Waals surface area contributed by atoms with Gasteiger partial charge in [0.05, 0.1) is 0 Å². The molecule has 0 aromatic carbocycles. The number of unbranched alkanes of at least 4 members (excludes halogenated alkanes) is 1. The summed E-state index contributed by atoms with van der Waals surface area (Å²) in [5, 5.41) is 0. The second-order valence-electron chi connectivity index (χ2n) is 5.70. The Labute approximate surface area is 90.5 Å². The Morgan fingerprint density at radius 2 is 1.86 bits per heavy atom. The Hall–Kier alpha value is 0. The largest absolute Gasteiger partial charge is 0.0651 e. The molecule has 0 aliphatic heterocycles. The highest BCUT2D eigenvalue weighted by atomic mass is 14.4. The normalized spacial score (nSPS) is 31.9. The zero-order valence-corrected chi connectivity index (χ0v) is 10.6. The third-order valence-corrected chi connectivity index (χ3v) is 4.22. The number of rotatable bonds is 6. The molecule has 0 saturated heterocycles. The van der Waals surface area contributed by atoms with Crippen molar-refractivity contribution in [3.63, 3.8) is 0 Å². The predicted molar refractivity (Wildman–Crippen MR) is 64.4 cm³/mol. The fourth-order valence-electron chi connectivity index (χ4n) is 2.89. The first kappa shape index (κ1) is 12.1. The van der Waals surface area contributed by atoms with Gasteiger partial charge in [0.1, 0.15) is 0 Å². The Morgan fingerprint density at radius 1 is 1.14 bits per heavy atom. The summed E-state index contributed by atoms with van der Waals surface area (Å²) in [6.07, 6.45) is 8.80. The van der Waals surface area contributed by atoms with E-state index in [-0.39, 0.29) is 0 Å². The minimum absolute atomic E-state index is 0.900. The Morgan fingerprint density at radius 3 is 2.36 bits per heavy atom. The molecule has 1 rings (SSSR count). The third-order valence-electron chi connectivity index (χ3n) is 4.22. The molecule has 0 radical (unpaired) electrons. The first-order chi connectivity index (χ1) is 6.65. The van der Waals surface area contributed by atoms with Crippen molar-refractivity contribution in [3.05, 3.63) is 0 Å². The van der Waals surface area contributed by atoms with E-state index in [1.165, 1.54) is 38.5 Å². The second-order valence-corrected chi connectivity index (χ2v) is 5.70. The lowest BCUT2D eigenvalue weighted by Gasteiger charge is -2.43. The molecular formula is C14H28. The summed E-state index contributed by atoms with van der Waals surface area (Å²) in [6.45, 7) is 9.47. The van der Waals surface area contributed by atoms with Crippen LogP contribution < -0.4 is 0 Å². The zero-order valence-electron chi connectivity index (χ0n) is 10.6. The van der Waals surface area contributed by atoms with Crippen molar-refractivity contribution in [1.82, 2.24) is 0 Å². The van der Waals surface area contributed by atoms with Crippen LogP contribution in [0.3, 0.4) is 0 Å². The number of hydrogen-bond donors (Lipinski definition) is 0. The third kappa shape index (κ3) is 3.29. The summed E-state index contributed by atoms with van der Waals surface area (Å²) in [5.74, 6) is 4.06. The van der Waals surface area contributed by atoms with Gasteiger partial charge < -0.3 is 0 Å². The predicted octanol–water partition coefficient (Wildman–Crippen LogP) is 4.89. The van der Waals surface area contributed by atoms with E-state index in [1.807, 2.05) is 0 Å². The van der Waals surface area contributed by atoms with Crippen LogP contribution in [0.4, 0.5) is 0 Å². The van der Waals surface area contributed by atoms with Crippen LogP contribution in [-0.2, 0) is 0 Å². The molecule has 0 amide bonds. The summed E-state index contributed by atoms with van der Waals surface area (Å²) in [5.41, 5.74) is 0. The van der Waals surface area contributed by atoms with Crippen LogP contribution in [0.5, 0.6) is 0 Å². The summed E-state index contributed by atoms with van der Waals surface area (Å²) in [6, 6.07) is 0. The fraction of sp³-hybridized carbons (Fsp3) is 1.00. The first-order valence-electron chi connectivity index (χ1n) is 6.65. The van der Waals surface area contributed by atoms with Gasteiger partial charge in [-0.05, 0) is 30.1 Å². The maximum atomic E-state index is 2.46. The van der Waals surface area contributed by atoms with Crippen molar-refractivity contribution in [2.24, 2.45) is 23.7 Å². The van der Waals surface area contributed by atoms with Gasteiger partial charge in [-0.2, -0.15) is 0 Å². The standard InChI is InChI=1S/C14H28/c1-5-13-10-14(12(13)4)9-7-6-8-11(2)3/h11-14H,5-10H2,1-4H3. The van der Waals surface area contributed by atoms with Crippen LogP contribution >= 0.6 is 0 Å². The van der Waals surface area contributed by atoms with Gasteiger partial charge in [0, 0.05) is 0 Å². The zero-order chi connectivity index (χ0) is 10.6. The molecule has 0 heterocycles. The van der Waals surface area contributed by atoms with Crippen LogP contribution in [0.15, 0.2) is 0 Å². The molecule has 1 aliphatic carbocycles. The van der Waals surface area contributed by atoms with Crippen molar-refractivity contribution < 1.29 is 0 Å². The van der Waals surface area contributed by atoms with E-state index in [1.54, 1.807) is 0 Å². The van der Waals surface area contributed by atoms with Crippen molar-refractivity contribution in [3.8, 4) is 0 Å². The number of hydrogen-bond acceptors (Lipinski definition) is 0. The van der Waals surface area contributed by atoms with Gasteiger partial charge in [-0.15, -0.1) is 0 Å². The van der Waals surface area contributed by atoms with Crippen molar-refractivity contribution in [2.75, 3.05) is 0 Å². The molecule has 3 unspecified atom stereocenters. The molecule has 14 heavy (non-hydrogen) atoms. The van der Waals surface area contributed by atoms with Gasteiger partial charge in [-0.25, -0.2) is 0 Å². The van der Waals surface area contributed by atoms with Crippen molar-refractivity contribution in [2.45, 2.75) is 66.2 Å². The Kier molecular flexibility index (Phi) is 4.98. The van der Waals surface area contributed by atoms with Gasteiger partial charge in [-0.3, -0.25) is 0 Å². The molecule has 1 aliphatic rings. The van der Waals surface area contributed by atoms with Gasteiger partial charge in [0.15, 0.2) is 0 Å². The SMILES string of the molecule is CCC1CC(CCCCC(C)C)C1C. The molecule has 3 atom stereocenters. The molecule has 0 aromatic rings. The van der Waals surface area contributed by atoms with Crippen LogP contribution in [0.25, 0.3) is 0 Å². The molecule has 0 spiro atoms. The minimum atomic E-state index is 0.900. The van der Waals surface area contributed by atoms with Gasteiger partial charge in [-0.1, -0.05) is 59.8 Å². The van der Waals surface area contributed by atoms with Crippen molar-refractivity contribution in [1.29, 1.82) is 0 Å². The monoisotopic (exact) mass is 196 g/mol. The average molecular weight is 196 g/mol. The van der Waals surface area contributed by atoms with Gasteiger partial charge in [0.2, 0.25) is 0 Å². The van der Waals surface area contributed by atoms with Crippen molar-refractivity contribution >= 4 is 0 Å². The molecule has 1 saturated carbocycles. The Balaban J connectivity index is 1.99. The lowest BCUT2D eigenvalue weighted by molar-refractivity contribution is 0.0743. The topological polar surface area (TPSA) is 0 Å². The highest BCUT2D eigenvalue weighted by Crippen LogP contribution is 2.44. The first-order valence-corrected chi connectivity index (χ1v) is 6.65. The van der Waals surface area contributed by atoms with Crippen LogP contribution in [0.2, 0.25) is 0 Å². The maximum Gasteiger partial charge on any atom is -0.0383 e. The highest BCUT2D eigenvalue weighted by Gasteiger charge is 2.35. The average Bonchev–Trinajstić information content (AvgIpc) is 2.14. The van der Waals surface area contributed by atoms with E-state index < -0.39 is 0 Å². The van der Waals surface area contributed by atoms with E-state index in [4.69, 9.17) is 0 Å². The van der Waals surface area contributed by atoms with Gasteiger partial charge >= 0.3 is 0 Å². The van der Waals surface area contributed by atoms with Crippen LogP contribution in [0, 0.1) is 23.7 Å². The lowest BCUT2D eigenvalue weighted by atomic mass is 9.63. The lowest BCUT2D eigenvalue weighted by Crippen LogP contribution is -2.33. The van der Waals surface area contributed by atoms with Crippen LogP contribution in [0.1, 0.15) is 66.2 Å². The smallest absolute Gasteiger partial charge is 0.0383 e. The summed E-state index contributed by atoms with van der Waals surface area (Å²) in [7, 11) is 0. The van der Waals surface area contributed by atoms with E-state index in [2.05, 4.69) is 27.7 Å². The van der Waals surface area contributed by atoms with E-state index >= 15 is 0 Å². The van der Waals surface area contributed by atoms with Crippen LogP contribution in [-0.4, -0.2) is 0 Å². The molecule has 0 heteroatoms. The summed E-state index contributed by atoms with van der Waals surface area (Å²) >= 11 is 0. The second kappa shape index (κ2) is 5.78. The maximum absolute atomic E-state index is 2.46. The molecule has 84 valence electrons. The molecular weight excluding hydrogens is 168 g/mol. The minimum Gasteiger partial charge on any atom is -0.0651 e. The van der Waals surface area contributed by atoms with E-state index in [0.29, 0.717) is 0 Å². The summed E-state index contributed by atoms with van der Waals surface area (Å²) in [4.78, 5) is 0. The van der Waals surface area contributed by atoms with Gasteiger partial charge in [0.25, 0.3) is 0 Å². The molecule has 0 aromatic heterocycles.